The lowest BCUT2D eigenvalue weighted by Crippen LogP contribution is -2.12. The van der Waals surface area contributed by atoms with Gasteiger partial charge in [0.25, 0.3) is 5.91 Å². The van der Waals surface area contributed by atoms with E-state index in [2.05, 4.69) is 25.8 Å². The maximum Gasteiger partial charge on any atom is 0.276 e. The van der Waals surface area contributed by atoms with Crippen molar-refractivity contribution in [3.05, 3.63) is 52.6 Å². The number of nitrogens with zero attached hydrogens (tertiary/aromatic N) is 2. The van der Waals surface area contributed by atoms with E-state index >= 15 is 0 Å². The summed E-state index contributed by atoms with van der Waals surface area (Å²) < 4.78 is 0. The summed E-state index contributed by atoms with van der Waals surface area (Å²) in [5.41, 5.74) is 1.19. The zero-order valence-electron chi connectivity index (χ0n) is 10.6. The Balaban J connectivity index is 1.68. The lowest BCUT2D eigenvalue weighted by Gasteiger charge is -2.01. The zero-order valence-corrected chi connectivity index (χ0v) is 12.2. The number of hydrogen-bond acceptors (Lipinski definition) is 5. The van der Waals surface area contributed by atoms with Gasteiger partial charge in [-0.25, -0.2) is 4.98 Å². The van der Waals surface area contributed by atoms with Gasteiger partial charge in [0, 0.05) is 28.4 Å². The van der Waals surface area contributed by atoms with Gasteiger partial charge in [0.2, 0.25) is 0 Å². The van der Waals surface area contributed by atoms with Crippen molar-refractivity contribution in [2.24, 2.45) is 0 Å². The molecule has 2 heterocycles. The molecule has 21 heavy (non-hydrogen) atoms. The van der Waals surface area contributed by atoms with E-state index in [4.69, 9.17) is 11.6 Å². The molecule has 0 bridgehead atoms. The van der Waals surface area contributed by atoms with Crippen molar-refractivity contribution in [3.8, 4) is 0 Å². The second-order valence-electron chi connectivity index (χ2n) is 4.08. The normalized spacial score (nSPS) is 10.3. The van der Waals surface area contributed by atoms with Crippen molar-refractivity contribution in [1.82, 2.24) is 15.2 Å². The third-order valence-electron chi connectivity index (χ3n) is 2.57. The first-order valence-corrected chi connectivity index (χ1v) is 7.26. The second kappa shape index (κ2) is 5.94. The van der Waals surface area contributed by atoms with E-state index in [1.54, 1.807) is 29.8 Å². The molecule has 3 N–H and O–H groups in total. The van der Waals surface area contributed by atoms with Crippen LogP contribution in [-0.2, 0) is 0 Å². The quantitative estimate of drug-likeness (QED) is 0.687. The summed E-state index contributed by atoms with van der Waals surface area (Å²) in [6.07, 6.45) is 1.63. The van der Waals surface area contributed by atoms with Gasteiger partial charge in [-0.15, -0.1) is 11.3 Å². The van der Waals surface area contributed by atoms with E-state index in [9.17, 15) is 4.79 Å². The number of carbonyl (C=O) groups excluding carboxylic acids is 1. The zero-order chi connectivity index (χ0) is 14.7. The topological polar surface area (TPSA) is 82.7 Å². The van der Waals surface area contributed by atoms with Gasteiger partial charge in [-0.05, 0) is 24.3 Å². The highest BCUT2D eigenvalue weighted by molar-refractivity contribution is 7.14. The molecule has 0 radical (unpaired) electrons. The number of amides is 1. The van der Waals surface area contributed by atoms with E-state index in [1.807, 2.05) is 12.1 Å². The Morgan fingerprint density at radius 2 is 2.05 bits per heavy atom. The number of rotatable bonds is 4. The Kier molecular flexibility index (Phi) is 3.85. The summed E-state index contributed by atoms with van der Waals surface area (Å²) in [5, 5.41) is 15.2. The monoisotopic (exact) mass is 319 g/mol. The largest absolute Gasteiger partial charge is 0.332 e. The fourth-order valence-electron chi connectivity index (χ4n) is 1.60. The van der Waals surface area contributed by atoms with E-state index < -0.39 is 0 Å². The first-order valence-electron chi connectivity index (χ1n) is 6.00. The summed E-state index contributed by atoms with van der Waals surface area (Å²) >= 11 is 7.17. The molecule has 0 aliphatic carbocycles. The number of nitrogens with one attached hydrogen (secondary N) is 3. The van der Waals surface area contributed by atoms with Gasteiger partial charge in [-0.2, -0.15) is 5.10 Å². The van der Waals surface area contributed by atoms with Crippen LogP contribution in [0.5, 0.6) is 0 Å². The smallest absolute Gasteiger partial charge is 0.276 e. The summed E-state index contributed by atoms with van der Waals surface area (Å²) in [7, 11) is 0. The minimum atomic E-state index is -0.303. The van der Waals surface area contributed by atoms with Crippen LogP contribution in [0.3, 0.4) is 0 Å². The van der Waals surface area contributed by atoms with Gasteiger partial charge in [-0.3, -0.25) is 9.89 Å². The number of thiazole rings is 1. The van der Waals surface area contributed by atoms with E-state index in [1.165, 1.54) is 11.3 Å². The summed E-state index contributed by atoms with van der Waals surface area (Å²) in [6, 6.07) is 8.91. The number of H-pyrrole nitrogens is 1. The van der Waals surface area contributed by atoms with Gasteiger partial charge in [0.1, 0.15) is 5.69 Å². The van der Waals surface area contributed by atoms with Crippen LogP contribution in [0.1, 0.15) is 10.5 Å². The van der Waals surface area contributed by atoms with Crippen LogP contribution in [0.4, 0.5) is 16.6 Å². The van der Waals surface area contributed by atoms with Gasteiger partial charge >= 0.3 is 0 Å². The average Bonchev–Trinajstić information content (AvgIpc) is 3.13. The highest BCUT2D eigenvalue weighted by atomic mass is 35.5. The third-order valence-corrected chi connectivity index (χ3v) is 3.58. The molecule has 0 unspecified atom stereocenters. The van der Waals surface area contributed by atoms with E-state index in [0.29, 0.717) is 21.7 Å². The van der Waals surface area contributed by atoms with Crippen molar-refractivity contribution in [1.29, 1.82) is 0 Å². The molecule has 0 aliphatic heterocycles. The van der Waals surface area contributed by atoms with Crippen LogP contribution in [0, 0.1) is 0 Å². The van der Waals surface area contributed by atoms with Gasteiger partial charge in [-0.1, -0.05) is 11.6 Å². The Morgan fingerprint density at radius 3 is 2.76 bits per heavy atom. The summed E-state index contributed by atoms with van der Waals surface area (Å²) in [5.74, 6) is 0.155. The Labute approximate surface area is 129 Å². The lowest BCUT2D eigenvalue weighted by atomic mass is 10.3. The molecule has 8 heteroatoms. The SMILES string of the molecule is O=C(Nc1cc[nH]n1)c1csc(Nc2ccc(Cl)cc2)n1. The molecule has 0 aliphatic rings. The van der Waals surface area contributed by atoms with E-state index in [0.717, 1.165) is 5.69 Å². The maximum absolute atomic E-state index is 12.0. The maximum atomic E-state index is 12.0. The van der Waals surface area contributed by atoms with Crippen molar-refractivity contribution in [2.75, 3.05) is 10.6 Å². The Hall–Kier alpha value is -2.38. The van der Waals surface area contributed by atoms with Crippen LogP contribution >= 0.6 is 22.9 Å². The molecule has 3 aromatic rings. The number of aromatic nitrogens is 3. The third kappa shape index (κ3) is 3.39. The number of aromatic amines is 1. The predicted octanol–water partition coefficient (Wildman–Crippen LogP) is 3.52. The Bertz CT molecular complexity index is 738. The fourth-order valence-corrected chi connectivity index (χ4v) is 2.44. The van der Waals surface area contributed by atoms with Gasteiger partial charge in [0.05, 0.1) is 0 Å². The molecule has 1 aromatic carbocycles. The number of anilines is 3. The number of hydrogen-bond donors (Lipinski definition) is 3. The first kappa shape index (κ1) is 13.6. The molecule has 0 fully saturated rings. The minimum absolute atomic E-state index is 0.303. The molecule has 0 atom stereocenters. The van der Waals surface area contributed by atoms with Crippen molar-refractivity contribution in [3.63, 3.8) is 0 Å². The Morgan fingerprint density at radius 1 is 1.24 bits per heavy atom. The van der Waals surface area contributed by atoms with Crippen LogP contribution in [0.15, 0.2) is 41.9 Å². The standard InChI is InChI=1S/C13H10ClN5OS/c14-8-1-3-9(4-2-8)16-13-17-10(7-21-13)12(20)18-11-5-6-15-19-11/h1-7H,(H,16,17)(H2,15,18,19,20). The molecule has 6 nitrogen and oxygen atoms in total. The number of halogens is 1. The molecule has 1 amide bonds. The van der Waals surface area contributed by atoms with Crippen LogP contribution in [-0.4, -0.2) is 21.1 Å². The van der Waals surface area contributed by atoms with Crippen LogP contribution in [0.25, 0.3) is 0 Å². The number of carbonyl (C=O) groups is 1. The first-order chi connectivity index (χ1) is 10.2. The molecular weight excluding hydrogens is 310 g/mol. The highest BCUT2D eigenvalue weighted by Gasteiger charge is 2.12. The van der Waals surface area contributed by atoms with Crippen LogP contribution in [0.2, 0.25) is 5.02 Å². The lowest BCUT2D eigenvalue weighted by molar-refractivity contribution is 0.102. The summed E-state index contributed by atoms with van der Waals surface area (Å²) in [4.78, 5) is 16.2. The molecule has 0 saturated carbocycles. The predicted molar refractivity (Wildman–Crippen MR) is 83.4 cm³/mol. The molecule has 0 saturated heterocycles. The van der Waals surface area contributed by atoms with Gasteiger partial charge in [0.15, 0.2) is 10.9 Å². The van der Waals surface area contributed by atoms with Crippen molar-refractivity contribution < 1.29 is 4.79 Å². The number of benzene rings is 1. The van der Waals surface area contributed by atoms with Crippen molar-refractivity contribution >= 4 is 45.5 Å². The fraction of sp³-hybridized carbons (Fsp3) is 0. The minimum Gasteiger partial charge on any atom is -0.332 e. The molecule has 106 valence electrons. The van der Waals surface area contributed by atoms with Gasteiger partial charge < -0.3 is 10.6 Å². The molecule has 3 rings (SSSR count). The van der Waals surface area contributed by atoms with Crippen molar-refractivity contribution in [2.45, 2.75) is 0 Å². The summed E-state index contributed by atoms with van der Waals surface area (Å²) in [6.45, 7) is 0. The molecule has 2 aromatic heterocycles. The van der Waals surface area contributed by atoms with Crippen LogP contribution < -0.4 is 10.6 Å². The second-order valence-corrected chi connectivity index (χ2v) is 5.38. The molecular formula is C13H10ClN5OS. The molecule has 0 spiro atoms. The van der Waals surface area contributed by atoms with E-state index in [-0.39, 0.29) is 5.91 Å². The average molecular weight is 320 g/mol. The highest BCUT2D eigenvalue weighted by Crippen LogP contribution is 2.22.